The fraction of sp³-hybridized carbons (Fsp3) is 0.0833. The number of rotatable bonds is 1. The van der Waals surface area contributed by atoms with E-state index in [1.807, 2.05) is 37.3 Å². The normalized spacial score (nSPS) is 10.3. The van der Waals surface area contributed by atoms with Crippen molar-refractivity contribution in [3.63, 3.8) is 0 Å². The van der Waals surface area contributed by atoms with Gasteiger partial charge in [-0.2, -0.15) is 0 Å². The first-order valence-corrected chi connectivity index (χ1v) is 4.72. The molecule has 0 heterocycles. The lowest BCUT2D eigenvalue weighted by Gasteiger charge is -2.05. The highest BCUT2D eigenvalue weighted by Gasteiger charge is 2.07. The van der Waals surface area contributed by atoms with E-state index >= 15 is 0 Å². The zero-order valence-electron chi connectivity index (χ0n) is 8.45. The van der Waals surface area contributed by atoms with Crippen LogP contribution in [-0.2, 0) is 0 Å². The van der Waals surface area contributed by atoms with Gasteiger partial charge in [0.2, 0.25) is 0 Å². The van der Waals surface area contributed by atoms with E-state index in [4.69, 9.17) is 5.84 Å². The SMILES string of the molecule is Cc1ccc2c(C(=O)NN)cccc2c1. The first kappa shape index (κ1) is 9.68. The Kier molecular flexibility index (Phi) is 2.39. The third-order valence-electron chi connectivity index (χ3n) is 2.41. The number of aryl methyl sites for hydroxylation is 1. The summed E-state index contributed by atoms with van der Waals surface area (Å²) in [5, 5.41) is 1.97. The molecule has 0 atom stereocenters. The van der Waals surface area contributed by atoms with Crippen LogP contribution in [0.15, 0.2) is 36.4 Å². The zero-order valence-corrected chi connectivity index (χ0v) is 8.45. The quantitative estimate of drug-likeness (QED) is 0.418. The molecular weight excluding hydrogens is 188 g/mol. The van der Waals surface area contributed by atoms with Gasteiger partial charge in [0.05, 0.1) is 0 Å². The van der Waals surface area contributed by atoms with Crippen LogP contribution < -0.4 is 11.3 Å². The van der Waals surface area contributed by atoms with Gasteiger partial charge in [0, 0.05) is 5.56 Å². The molecule has 2 aromatic rings. The van der Waals surface area contributed by atoms with Crippen molar-refractivity contribution in [2.45, 2.75) is 6.92 Å². The Bertz CT molecular complexity index is 520. The van der Waals surface area contributed by atoms with Gasteiger partial charge >= 0.3 is 0 Å². The Morgan fingerprint density at radius 2 is 2.07 bits per heavy atom. The van der Waals surface area contributed by atoms with E-state index in [-0.39, 0.29) is 5.91 Å². The van der Waals surface area contributed by atoms with Gasteiger partial charge in [-0.3, -0.25) is 10.2 Å². The van der Waals surface area contributed by atoms with Crippen molar-refractivity contribution >= 4 is 16.7 Å². The van der Waals surface area contributed by atoms with Crippen molar-refractivity contribution in [2.75, 3.05) is 0 Å². The predicted octanol–water partition coefficient (Wildman–Crippen LogP) is 1.75. The molecule has 0 spiro atoms. The van der Waals surface area contributed by atoms with Crippen molar-refractivity contribution in [3.05, 3.63) is 47.5 Å². The number of nitrogen functional groups attached to an aromatic ring is 1. The third kappa shape index (κ3) is 1.69. The van der Waals surface area contributed by atoms with E-state index in [1.54, 1.807) is 6.07 Å². The third-order valence-corrected chi connectivity index (χ3v) is 2.41. The lowest BCUT2D eigenvalue weighted by molar-refractivity contribution is 0.0955. The number of hydrazine groups is 1. The minimum atomic E-state index is -0.260. The summed E-state index contributed by atoms with van der Waals surface area (Å²) in [6, 6.07) is 11.6. The van der Waals surface area contributed by atoms with E-state index in [0.29, 0.717) is 5.56 Å². The number of carbonyl (C=O) groups is 1. The van der Waals surface area contributed by atoms with Crippen molar-refractivity contribution in [1.29, 1.82) is 0 Å². The lowest BCUT2D eigenvalue weighted by atomic mass is 10.0. The number of hydrogen-bond acceptors (Lipinski definition) is 2. The minimum absolute atomic E-state index is 0.260. The zero-order chi connectivity index (χ0) is 10.8. The fourth-order valence-corrected chi connectivity index (χ4v) is 1.68. The minimum Gasteiger partial charge on any atom is -0.290 e. The molecule has 1 amide bonds. The van der Waals surface area contributed by atoms with Crippen LogP contribution in [0.4, 0.5) is 0 Å². The summed E-state index contributed by atoms with van der Waals surface area (Å²) in [4.78, 5) is 11.5. The van der Waals surface area contributed by atoms with E-state index in [2.05, 4.69) is 5.43 Å². The molecule has 0 aliphatic carbocycles. The van der Waals surface area contributed by atoms with Crippen LogP contribution in [0.25, 0.3) is 10.8 Å². The average Bonchev–Trinajstić information content (AvgIpc) is 2.26. The van der Waals surface area contributed by atoms with Gasteiger partial charge in [0.1, 0.15) is 0 Å². The maximum atomic E-state index is 11.5. The second kappa shape index (κ2) is 3.71. The Labute approximate surface area is 87.9 Å². The number of hydrogen-bond donors (Lipinski definition) is 2. The van der Waals surface area contributed by atoms with Crippen LogP contribution in [0.5, 0.6) is 0 Å². The van der Waals surface area contributed by atoms with Crippen molar-refractivity contribution < 1.29 is 4.79 Å². The van der Waals surface area contributed by atoms with Crippen molar-refractivity contribution in [1.82, 2.24) is 5.43 Å². The van der Waals surface area contributed by atoms with E-state index in [0.717, 1.165) is 10.8 Å². The molecule has 0 aromatic heterocycles. The molecule has 0 bridgehead atoms. The standard InChI is InChI=1S/C12H12N2O/c1-8-5-6-10-9(7-8)3-2-4-11(10)12(15)14-13/h2-7H,13H2,1H3,(H,14,15). The first-order valence-electron chi connectivity index (χ1n) is 4.72. The van der Waals surface area contributed by atoms with Crippen LogP contribution in [0, 0.1) is 6.92 Å². The molecule has 0 saturated carbocycles. The van der Waals surface area contributed by atoms with Gasteiger partial charge in [-0.15, -0.1) is 0 Å². The molecule has 2 rings (SSSR count). The van der Waals surface area contributed by atoms with E-state index in [1.165, 1.54) is 5.56 Å². The molecule has 0 aliphatic rings. The van der Waals surface area contributed by atoms with Crippen LogP contribution in [0.2, 0.25) is 0 Å². The highest BCUT2D eigenvalue weighted by molar-refractivity contribution is 6.06. The number of nitrogens with one attached hydrogen (secondary N) is 1. The molecule has 0 radical (unpaired) electrons. The molecule has 0 saturated heterocycles. The monoisotopic (exact) mass is 200 g/mol. The summed E-state index contributed by atoms with van der Waals surface area (Å²) in [7, 11) is 0. The molecule has 3 heteroatoms. The highest BCUT2D eigenvalue weighted by Crippen LogP contribution is 2.19. The molecule has 2 aromatic carbocycles. The van der Waals surface area contributed by atoms with Crippen molar-refractivity contribution in [3.8, 4) is 0 Å². The fourth-order valence-electron chi connectivity index (χ4n) is 1.68. The largest absolute Gasteiger partial charge is 0.290 e. The van der Waals surface area contributed by atoms with Gasteiger partial charge in [0.15, 0.2) is 0 Å². The van der Waals surface area contributed by atoms with Gasteiger partial charge in [0.25, 0.3) is 5.91 Å². The van der Waals surface area contributed by atoms with Crippen molar-refractivity contribution in [2.24, 2.45) is 5.84 Å². The molecule has 3 nitrogen and oxygen atoms in total. The number of fused-ring (bicyclic) bond motifs is 1. The topological polar surface area (TPSA) is 55.1 Å². The number of amides is 1. The molecule has 0 aliphatic heterocycles. The van der Waals surface area contributed by atoms with Crippen LogP contribution in [0.3, 0.4) is 0 Å². The lowest BCUT2D eigenvalue weighted by Crippen LogP contribution is -2.30. The summed E-state index contributed by atoms with van der Waals surface area (Å²) >= 11 is 0. The highest BCUT2D eigenvalue weighted by atomic mass is 16.2. The van der Waals surface area contributed by atoms with E-state index < -0.39 is 0 Å². The second-order valence-electron chi connectivity index (χ2n) is 3.50. The summed E-state index contributed by atoms with van der Waals surface area (Å²) in [5.74, 6) is 4.87. The number of carbonyl (C=O) groups excluding carboxylic acids is 1. The smallest absolute Gasteiger partial charge is 0.265 e. The predicted molar refractivity (Wildman–Crippen MR) is 60.3 cm³/mol. The maximum absolute atomic E-state index is 11.5. The number of benzene rings is 2. The molecule has 15 heavy (non-hydrogen) atoms. The van der Waals surface area contributed by atoms with Gasteiger partial charge in [-0.25, -0.2) is 5.84 Å². The summed E-state index contributed by atoms with van der Waals surface area (Å²) in [6.45, 7) is 2.02. The summed E-state index contributed by atoms with van der Waals surface area (Å²) < 4.78 is 0. The first-order chi connectivity index (χ1) is 7.22. The summed E-state index contributed by atoms with van der Waals surface area (Å²) in [5.41, 5.74) is 3.93. The second-order valence-corrected chi connectivity index (χ2v) is 3.50. The molecule has 0 unspecified atom stereocenters. The maximum Gasteiger partial charge on any atom is 0.265 e. The van der Waals surface area contributed by atoms with Gasteiger partial charge in [-0.1, -0.05) is 35.9 Å². The molecular formula is C12H12N2O. The Morgan fingerprint density at radius 1 is 1.27 bits per heavy atom. The van der Waals surface area contributed by atoms with Gasteiger partial charge in [-0.05, 0) is 23.8 Å². The van der Waals surface area contributed by atoms with Gasteiger partial charge < -0.3 is 0 Å². The van der Waals surface area contributed by atoms with Crippen LogP contribution >= 0.6 is 0 Å². The van der Waals surface area contributed by atoms with Crippen LogP contribution in [-0.4, -0.2) is 5.91 Å². The molecule has 76 valence electrons. The molecule has 0 fully saturated rings. The summed E-state index contributed by atoms with van der Waals surface area (Å²) in [6.07, 6.45) is 0. The van der Waals surface area contributed by atoms with Crippen LogP contribution in [0.1, 0.15) is 15.9 Å². The number of nitrogens with two attached hydrogens (primary N) is 1. The van der Waals surface area contributed by atoms with E-state index in [9.17, 15) is 4.79 Å². The Morgan fingerprint density at radius 3 is 2.80 bits per heavy atom. The molecule has 3 N–H and O–H groups in total. The average molecular weight is 200 g/mol. The Hall–Kier alpha value is -1.87. The Balaban J connectivity index is 2.71.